The van der Waals surface area contributed by atoms with Crippen LogP contribution in [0.25, 0.3) is 0 Å². The number of hydrogen-bond acceptors (Lipinski definition) is 10. The molecule has 37 heavy (non-hydrogen) atoms. The highest BCUT2D eigenvalue weighted by atomic mass is 32.2. The SMILES string of the molecule is CCS(=O)(=O)CCn1c([N+](=O)[O-])cnc1C.CO[C@H]1O[C@@H]2O[C@]3(C)CC[C@H]4[C@H](C)CC[C@@H]([C@H]1C)C24OO3. The van der Waals surface area contributed by atoms with Gasteiger partial charge in [0, 0.05) is 38.0 Å². The summed E-state index contributed by atoms with van der Waals surface area (Å²) in [5.74, 6) is 1.15. The van der Waals surface area contributed by atoms with Crippen molar-refractivity contribution in [3.8, 4) is 0 Å². The van der Waals surface area contributed by atoms with Gasteiger partial charge in [0.05, 0.1) is 5.75 Å². The van der Waals surface area contributed by atoms with E-state index in [1.54, 1.807) is 21.0 Å². The summed E-state index contributed by atoms with van der Waals surface area (Å²) in [7, 11) is -1.42. The van der Waals surface area contributed by atoms with E-state index in [-0.39, 0.29) is 36.1 Å². The van der Waals surface area contributed by atoms with E-state index in [1.165, 1.54) is 11.0 Å². The minimum absolute atomic E-state index is 0.0363. The number of nitrogens with zero attached hydrogens (tertiary/aromatic N) is 3. The Hall–Kier alpha value is -1.64. The molecule has 6 rings (SSSR count). The zero-order chi connectivity index (χ0) is 27.2. The minimum atomic E-state index is -3.13. The van der Waals surface area contributed by atoms with Crippen molar-refractivity contribution in [2.24, 2.45) is 23.7 Å². The summed E-state index contributed by atoms with van der Waals surface area (Å²) in [6.45, 7) is 9.68. The van der Waals surface area contributed by atoms with Crippen molar-refractivity contribution in [2.75, 3.05) is 18.6 Å². The maximum atomic E-state index is 11.3. The standard InChI is InChI=1S/C16H26O5.C8H13N3O4S/c1-9-5-6-12-10(2)13(17-4)18-14-16(12)11(9)7-8-15(3,19-14)20-21-16;1-3-16(14,15)5-4-10-7(2)9-6-8(10)11(12)13/h9-14H,5-8H2,1-4H3;6H,3-5H2,1-2H3/t9-,10-,11+,12+,13+,14-,15+,16?;/m1./s1. The van der Waals surface area contributed by atoms with E-state index in [9.17, 15) is 18.5 Å². The number of aromatic nitrogens is 2. The zero-order valence-corrected chi connectivity index (χ0v) is 23.2. The predicted molar refractivity (Wildman–Crippen MR) is 132 cm³/mol. The van der Waals surface area contributed by atoms with Crippen LogP contribution in [0.2, 0.25) is 0 Å². The van der Waals surface area contributed by atoms with Gasteiger partial charge in [-0.1, -0.05) is 20.8 Å². The number of methoxy groups -OCH3 is 1. The first-order chi connectivity index (χ1) is 17.4. The third-order valence-electron chi connectivity index (χ3n) is 8.62. The van der Waals surface area contributed by atoms with E-state index >= 15 is 0 Å². The fourth-order valence-corrected chi connectivity index (χ4v) is 7.14. The van der Waals surface area contributed by atoms with Crippen LogP contribution in [-0.4, -0.2) is 65.5 Å². The van der Waals surface area contributed by atoms with Crippen LogP contribution in [0.5, 0.6) is 0 Å². The van der Waals surface area contributed by atoms with Crippen molar-refractivity contribution in [1.29, 1.82) is 0 Å². The molecule has 12 nitrogen and oxygen atoms in total. The zero-order valence-electron chi connectivity index (χ0n) is 22.4. The van der Waals surface area contributed by atoms with Gasteiger partial charge in [0.2, 0.25) is 5.79 Å². The second kappa shape index (κ2) is 10.5. The Kier molecular flexibility index (Phi) is 8.05. The number of fused-ring (bicyclic) bond motifs is 2. The van der Waals surface area contributed by atoms with Gasteiger partial charge in [-0.3, -0.25) is 0 Å². The Labute approximate surface area is 217 Å². The third-order valence-corrected chi connectivity index (χ3v) is 10.3. The molecule has 4 aliphatic heterocycles. The quantitative estimate of drug-likeness (QED) is 0.297. The van der Waals surface area contributed by atoms with Crippen LogP contribution < -0.4 is 0 Å². The van der Waals surface area contributed by atoms with Gasteiger partial charge in [0.15, 0.2) is 33.8 Å². The van der Waals surface area contributed by atoms with E-state index in [2.05, 4.69) is 18.8 Å². The topological polar surface area (TPSA) is 141 Å². The average molecular weight is 546 g/mol. The van der Waals surface area contributed by atoms with Gasteiger partial charge in [-0.15, -0.1) is 0 Å². The van der Waals surface area contributed by atoms with Gasteiger partial charge in [-0.05, 0) is 42.9 Å². The molecular weight excluding hydrogens is 506 g/mol. The molecule has 0 amide bonds. The summed E-state index contributed by atoms with van der Waals surface area (Å²) in [5.41, 5.74) is -0.470. The number of rotatable bonds is 6. The first-order valence-electron chi connectivity index (χ1n) is 13.0. The second-order valence-corrected chi connectivity index (χ2v) is 13.3. The first-order valence-corrected chi connectivity index (χ1v) is 14.8. The molecule has 1 aromatic heterocycles. The van der Waals surface area contributed by atoms with E-state index in [1.807, 2.05) is 6.92 Å². The predicted octanol–water partition coefficient (Wildman–Crippen LogP) is 3.38. The van der Waals surface area contributed by atoms with Crippen LogP contribution in [0.3, 0.4) is 0 Å². The molecule has 0 radical (unpaired) electrons. The van der Waals surface area contributed by atoms with E-state index < -0.39 is 32.4 Å². The number of ether oxygens (including phenoxy) is 3. The third kappa shape index (κ3) is 5.18. The maximum Gasteiger partial charge on any atom is 0.342 e. The van der Waals surface area contributed by atoms with Crippen molar-refractivity contribution >= 4 is 15.7 Å². The lowest BCUT2D eigenvalue weighted by Gasteiger charge is -2.60. The number of sulfone groups is 1. The van der Waals surface area contributed by atoms with E-state index in [0.29, 0.717) is 23.6 Å². The fraction of sp³-hybridized carbons (Fsp3) is 0.875. The number of aryl methyl sites for hydroxylation is 1. The summed E-state index contributed by atoms with van der Waals surface area (Å²) in [5, 5.41) is 10.6. The van der Waals surface area contributed by atoms with Crippen LogP contribution in [-0.2, 0) is 40.4 Å². The van der Waals surface area contributed by atoms with Gasteiger partial charge in [-0.25, -0.2) is 27.7 Å². The van der Waals surface area contributed by atoms with E-state index in [0.717, 1.165) is 25.5 Å². The lowest BCUT2D eigenvalue weighted by Crippen LogP contribution is -2.70. The van der Waals surface area contributed by atoms with Crippen molar-refractivity contribution in [3.05, 3.63) is 22.1 Å². The summed E-state index contributed by atoms with van der Waals surface area (Å²) < 4.78 is 41.8. The van der Waals surface area contributed by atoms with Crippen molar-refractivity contribution < 1.29 is 37.3 Å². The molecule has 2 bridgehead atoms. The summed E-state index contributed by atoms with van der Waals surface area (Å²) in [6.07, 6.45) is 4.77. The summed E-state index contributed by atoms with van der Waals surface area (Å²) >= 11 is 0. The fourth-order valence-electron chi connectivity index (χ4n) is 6.39. The lowest BCUT2D eigenvalue weighted by atomic mass is 9.58. The van der Waals surface area contributed by atoms with Gasteiger partial charge in [-0.2, -0.15) is 0 Å². The van der Waals surface area contributed by atoms with Gasteiger partial charge < -0.3 is 24.3 Å². The molecule has 0 aromatic carbocycles. The molecule has 13 heteroatoms. The molecule has 5 fully saturated rings. The Morgan fingerprint density at radius 1 is 1.24 bits per heavy atom. The highest BCUT2D eigenvalue weighted by Crippen LogP contribution is 2.60. The molecular formula is C24H39N3O9S. The highest BCUT2D eigenvalue weighted by molar-refractivity contribution is 7.91. The number of nitro groups is 1. The van der Waals surface area contributed by atoms with Gasteiger partial charge in [0.25, 0.3) is 0 Å². The normalized spacial score (nSPS) is 38.8. The molecule has 1 saturated carbocycles. The number of hydrogen-bond donors (Lipinski definition) is 0. The van der Waals surface area contributed by atoms with Gasteiger partial charge >= 0.3 is 5.82 Å². The summed E-state index contributed by atoms with van der Waals surface area (Å²) in [6, 6.07) is 0. The second-order valence-electron chi connectivity index (χ2n) is 10.8. The lowest BCUT2D eigenvalue weighted by molar-refractivity contribution is -0.577. The van der Waals surface area contributed by atoms with Crippen LogP contribution in [0.4, 0.5) is 5.82 Å². The monoisotopic (exact) mass is 545 g/mol. The van der Waals surface area contributed by atoms with Crippen LogP contribution in [0.15, 0.2) is 6.20 Å². The largest absolute Gasteiger partial charge is 0.358 e. The van der Waals surface area contributed by atoms with Crippen molar-refractivity contribution in [1.82, 2.24) is 9.55 Å². The number of imidazole rings is 1. The molecule has 0 N–H and O–H groups in total. The molecule has 1 aromatic rings. The van der Waals surface area contributed by atoms with Crippen molar-refractivity contribution in [2.45, 2.75) is 90.8 Å². The Morgan fingerprint density at radius 3 is 2.62 bits per heavy atom. The molecule has 4 saturated heterocycles. The first kappa shape index (κ1) is 28.4. The van der Waals surface area contributed by atoms with Crippen LogP contribution >= 0.6 is 0 Å². The minimum Gasteiger partial charge on any atom is -0.358 e. The average Bonchev–Trinajstić information content (AvgIpc) is 3.08. The van der Waals surface area contributed by atoms with Crippen LogP contribution in [0.1, 0.15) is 59.2 Å². The van der Waals surface area contributed by atoms with Crippen LogP contribution in [0, 0.1) is 40.7 Å². The molecule has 8 atom stereocenters. The van der Waals surface area contributed by atoms with Crippen molar-refractivity contribution in [3.63, 3.8) is 0 Å². The molecule has 5 aliphatic rings. The summed E-state index contributed by atoms with van der Waals surface area (Å²) in [4.78, 5) is 25.6. The maximum absolute atomic E-state index is 11.3. The molecule has 1 aliphatic carbocycles. The molecule has 210 valence electrons. The Bertz CT molecular complexity index is 1100. The highest BCUT2D eigenvalue weighted by Gasteiger charge is 2.69. The van der Waals surface area contributed by atoms with E-state index in [4.69, 9.17) is 24.0 Å². The molecule has 1 unspecified atom stereocenters. The Morgan fingerprint density at radius 2 is 1.97 bits per heavy atom. The smallest absolute Gasteiger partial charge is 0.342 e. The molecule has 1 spiro atoms. The van der Waals surface area contributed by atoms with Gasteiger partial charge in [0.1, 0.15) is 12.7 Å². The molecule has 5 heterocycles. The Balaban J connectivity index is 0.000000181.